The summed E-state index contributed by atoms with van der Waals surface area (Å²) in [5.74, 6) is 1.42. The molecular weight excluding hydrogens is 438 g/mol. The molecule has 2 aliphatic heterocycles. The molecule has 0 bridgehead atoms. The number of fused-ring (bicyclic) bond motifs is 1. The largest absolute Gasteiger partial charge is 0.497 e. The van der Waals surface area contributed by atoms with Gasteiger partial charge in [0.2, 0.25) is 0 Å². The van der Waals surface area contributed by atoms with Crippen molar-refractivity contribution in [2.24, 2.45) is 5.10 Å². The Labute approximate surface area is 206 Å². The summed E-state index contributed by atoms with van der Waals surface area (Å²) in [4.78, 5) is 15.9. The van der Waals surface area contributed by atoms with Gasteiger partial charge >= 0.3 is 0 Å². The van der Waals surface area contributed by atoms with Crippen molar-refractivity contribution >= 4 is 11.6 Å². The molecule has 0 saturated heterocycles. The van der Waals surface area contributed by atoms with Gasteiger partial charge in [-0.2, -0.15) is 5.10 Å². The molecule has 0 N–H and O–H groups in total. The zero-order chi connectivity index (χ0) is 24.4. The molecule has 180 valence electrons. The van der Waals surface area contributed by atoms with E-state index in [1.807, 2.05) is 30.3 Å². The molecule has 1 unspecified atom stereocenters. The second-order valence-corrected chi connectivity index (χ2v) is 9.16. The number of carbonyl (C=O) groups excluding carboxylic acids is 1. The lowest BCUT2D eigenvalue weighted by atomic mass is 9.95. The molecule has 1 amide bonds. The van der Waals surface area contributed by atoms with Crippen molar-refractivity contribution in [2.75, 3.05) is 27.3 Å². The first kappa shape index (κ1) is 23.1. The van der Waals surface area contributed by atoms with Gasteiger partial charge in [-0.25, -0.2) is 5.01 Å². The highest BCUT2D eigenvalue weighted by Gasteiger charge is 2.35. The molecule has 2 heterocycles. The van der Waals surface area contributed by atoms with E-state index in [1.54, 1.807) is 19.2 Å². The van der Waals surface area contributed by atoms with Crippen LogP contribution >= 0.6 is 0 Å². The van der Waals surface area contributed by atoms with Crippen molar-refractivity contribution in [3.05, 3.63) is 94.5 Å². The number of rotatable bonds is 6. The minimum atomic E-state index is -0.150. The maximum absolute atomic E-state index is 13.7. The molecule has 0 aromatic heterocycles. The van der Waals surface area contributed by atoms with Crippen LogP contribution in [0.2, 0.25) is 0 Å². The Kier molecular flexibility index (Phi) is 6.55. The van der Waals surface area contributed by atoms with Gasteiger partial charge in [0.1, 0.15) is 11.5 Å². The molecule has 35 heavy (non-hydrogen) atoms. The highest BCUT2D eigenvalue weighted by molar-refractivity contribution is 6.05. The Balaban J connectivity index is 1.44. The van der Waals surface area contributed by atoms with Crippen LogP contribution in [0.1, 0.15) is 40.3 Å². The maximum atomic E-state index is 13.7. The van der Waals surface area contributed by atoms with E-state index in [4.69, 9.17) is 14.6 Å². The number of amides is 1. The predicted molar refractivity (Wildman–Crippen MR) is 137 cm³/mol. The summed E-state index contributed by atoms with van der Waals surface area (Å²) in [5, 5.41) is 6.58. The fraction of sp³-hybridized carbons (Fsp3) is 0.310. The molecular formula is C29H31N3O3. The fourth-order valence-corrected chi connectivity index (χ4v) is 5.10. The molecule has 0 fully saturated rings. The van der Waals surface area contributed by atoms with Gasteiger partial charge in [0.05, 0.1) is 32.5 Å². The van der Waals surface area contributed by atoms with Crippen molar-refractivity contribution in [3.63, 3.8) is 0 Å². The lowest BCUT2D eigenvalue weighted by Gasteiger charge is -2.30. The topological polar surface area (TPSA) is 54.4 Å². The number of carbonyl (C=O) groups is 1. The van der Waals surface area contributed by atoms with E-state index in [-0.39, 0.29) is 11.9 Å². The fourth-order valence-electron chi connectivity index (χ4n) is 5.10. The summed E-state index contributed by atoms with van der Waals surface area (Å²) in [6.07, 6.45) is 1.59. The highest BCUT2D eigenvalue weighted by Crippen LogP contribution is 2.37. The van der Waals surface area contributed by atoms with Gasteiger partial charge < -0.3 is 9.47 Å². The molecule has 2 aliphatic rings. The Morgan fingerprint density at radius 2 is 1.77 bits per heavy atom. The number of methoxy groups -OCH3 is 2. The predicted octanol–water partition coefficient (Wildman–Crippen LogP) is 4.75. The van der Waals surface area contributed by atoms with Crippen LogP contribution < -0.4 is 9.47 Å². The van der Waals surface area contributed by atoms with Crippen LogP contribution in [0.4, 0.5) is 0 Å². The molecule has 0 saturated carbocycles. The van der Waals surface area contributed by atoms with Gasteiger partial charge in [-0.1, -0.05) is 48.5 Å². The maximum Gasteiger partial charge on any atom is 0.257 e. The van der Waals surface area contributed by atoms with Crippen LogP contribution in [-0.2, 0) is 17.8 Å². The summed E-state index contributed by atoms with van der Waals surface area (Å²) in [5.41, 5.74) is 6.68. The molecule has 0 spiro atoms. The zero-order valence-electron chi connectivity index (χ0n) is 20.5. The minimum Gasteiger partial charge on any atom is -0.497 e. The summed E-state index contributed by atoms with van der Waals surface area (Å²) in [6, 6.07) is 22.3. The quantitative estimate of drug-likeness (QED) is 0.523. The third kappa shape index (κ3) is 4.66. The first-order chi connectivity index (χ1) is 17.1. The number of aryl methyl sites for hydroxylation is 1. The standard InChI is InChI=1S/C29H31N3O3/c1-20-8-4-7-11-24(20)27-17-26(25-13-12-23(34-2)16-28(25)35-3)30-32(27)29(33)19-31-15-14-21-9-5-6-10-22(21)18-31/h4-13,16,27H,14-15,17-19H2,1-3H3. The monoisotopic (exact) mass is 469 g/mol. The summed E-state index contributed by atoms with van der Waals surface area (Å²) < 4.78 is 11.0. The van der Waals surface area contributed by atoms with Crippen LogP contribution in [0, 0.1) is 6.92 Å². The SMILES string of the molecule is COc1ccc(C2=NN(C(=O)CN3CCc4ccccc4C3)C(c3ccccc3C)C2)c(OC)c1. The van der Waals surface area contributed by atoms with Gasteiger partial charge in [-0.05, 0) is 47.7 Å². The first-order valence-corrected chi connectivity index (χ1v) is 12.0. The van der Waals surface area contributed by atoms with E-state index >= 15 is 0 Å². The van der Waals surface area contributed by atoms with E-state index < -0.39 is 0 Å². The Hall–Kier alpha value is -3.64. The van der Waals surface area contributed by atoms with Crippen LogP contribution in [-0.4, -0.2) is 48.8 Å². The van der Waals surface area contributed by atoms with Crippen LogP contribution in [0.15, 0.2) is 71.8 Å². The Morgan fingerprint density at radius 3 is 2.54 bits per heavy atom. The molecule has 3 aromatic rings. The van der Waals surface area contributed by atoms with Gasteiger partial charge in [-0.3, -0.25) is 9.69 Å². The van der Waals surface area contributed by atoms with Crippen molar-refractivity contribution in [2.45, 2.75) is 32.4 Å². The molecule has 1 atom stereocenters. The average molecular weight is 470 g/mol. The number of hydrogen-bond donors (Lipinski definition) is 0. The Bertz CT molecular complexity index is 1270. The summed E-state index contributed by atoms with van der Waals surface area (Å²) in [6.45, 7) is 4.08. The van der Waals surface area contributed by atoms with Crippen molar-refractivity contribution in [1.29, 1.82) is 0 Å². The first-order valence-electron chi connectivity index (χ1n) is 12.0. The van der Waals surface area contributed by atoms with Gasteiger partial charge in [-0.15, -0.1) is 0 Å². The van der Waals surface area contributed by atoms with Crippen LogP contribution in [0.25, 0.3) is 0 Å². The summed E-state index contributed by atoms with van der Waals surface area (Å²) in [7, 11) is 3.28. The molecule has 3 aromatic carbocycles. The van der Waals surface area contributed by atoms with Crippen molar-refractivity contribution < 1.29 is 14.3 Å². The normalized spacial score (nSPS) is 17.6. The zero-order valence-corrected chi connectivity index (χ0v) is 20.5. The molecule has 5 rings (SSSR count). The number of nitrogens with zero attached hydrogens (tertiary/aromatic N) is 3. The molecule has 6 heteroatoms. The van der Waals surface area contributed by atoms with E-state index in [0.717, 1.165) is 47.7 Å². The second kappa shape index (κ2) is 9.92. The third-order valence-electron chi connectivity index (χ3n) is 7.00. The van der Waals surface area contributed by atoms with Crippen molar-refractivity contribution in [3.8, 4) is 11.5 Å². The van der Waals surface area contributed by atoms with Gasteiger partial charge in [0.25, 0.3) is 5.91 Å². The van der Waals surface area contributed by atoms with E-state index in [0.29, 0.717) is 18.7 Å². The van der Waals surface area contributed by atoms with E-state index in [1.165, 1.54) is 11.1 Å². The Morgan fingerprint density at radius 1 is 1.00 bits per heavy atom. The third-order valence-corrected chi connectivity index (χ3v) is 7.00. The van der Waals surface area contributed by atoms with E-state index in [9.17, 15) is 4.79 Å². The smallest absolute Gasteiger partial charge is 0.257 e. The van der Waals surface area contributed by atoms with Gasteiger partial charge in [0, 0.05) is 31.1 Å². The van der Waals surface area contributed by atoms with Crippen molar-refractivity contribution in [1.82, 2.24) is 9.91 Å². The average Bonchev–Trinajstić information content (AvgIpc) is 3.33. The number of hydrazone groups is 1. The number of benzene rings is 3. The minimum absolute atomic E-state index is 0.0140. The molecule has 0 radical (unpaired) electrons. The van der Waals surface area contributed by atoms with E-state index in [2.05, 4.69) is 48.2 Å². The second-order valence-electron chi connectivity index (χ2n) is 9.16. The number of hydrogen-bond acceptors (Lipinski definition) is 5. The molecule has 0 aliphatic carbocycles. The van der Waals surface area contributed by atoms with Crippen LogP contribution in [0.3, 0.4) is 0 Å². The van der Waals surface area contributed by atoms with Crippen LogP contribution in [0.5, 0.6) is 11.5 Å². The molecule has 6 nitrogen and oxygen atoms in total. The van der Waals surface area contributed by atoms with Gasteiger partial charge in [0.15, 0.2) is 0 Å². The lowest BCUT2D eigenvalue weighted by molar-refractivity contribution is -0.134. The summed E-state index contributed by atoms with van der Waals surface area (Å²) >= 11 is 0. The number of ether oxygens (including phenoxy) is 2. The lowest BCUT2D eigenvalue weighted by Crippen LogP contribution is -2.40. The highest BCUT2D eigenvalue weighted by atomic mass is 16.5.